The van der Waals surface area contributed by atoms with Gasteiger partial charge in [-0.25, -0.2) is 0 Å². The highest BCUT2D eigenvalue weighted by Gasteiger charge is 2.11. The van der Waals surface area contributed by atoms with Crippen LogP contribution in [0.1, 0.15) is 12.8 Å². The number of rotatable bonds is 10. The van der Waals surface area contributed by atoms with E-state index in [4.69, 9.17) is 23.2 Å². The maximum Gasteiger partial charge on any atom is 0.159 e. The van der Waals surface area contributed by atoms with Crippen LogP contribution >= 0.6 is 23.2 Å². The minimum Gasteiger partial charge on any atom is -0.368 e. The van der Waals surface area contributed by atoms with Gasteiger partial charge in [0.1, 0.15) is 0 Å². The van der Waals surface area contributed by atoms with E-state index in [0.29, 0.717) is 10.3 Å². The number of nitrogens with zero attached hydrogens (tertiary/aromatic N) is 5. The highest BCUT2D eigenvalue weighted by molar-refractivity contribution is 6.35. The van der Waals surface area contributed by atoms with E-state index in [9.17, 15) is 0 Å². The zero-order chi connectivity index (χ0) is 27.5. The van der Waals surface area contributed by atoms with Crippen molar-refractivity contribution >= 4 is 77.9 Å². The van der Waals surface area contributed by atoms with Crippen LogP contribution in [0.25, 0.3) is 43.1 Å². The lowest BCUT2D eigenvalue weighted by Gasteiger charge is -2.17. The maximum atomic E-state index is 6.36. The summed E-state index contributed by atoms with van der Waals surface area (Å²) < 4.78 is 0. The molecular weight excluding hydrogens is 541 g/mol. The Balaban J connectivity index is 1.00. The van der Waals surface area contributed by atoms with Crippen LogP contribution in [-0.4, -0.2) is 58.5 Å². The van der Waals surface area contributed by atoms with Gasteiger partial charge in [0.25, 0.3) is 0 Å². The molecule has 0 saturated heterocycles. The number of halogens is 2. The van der Waals surface area contributed by atoms with Gasteiger partial charge in [0.05, 0.1) is 0 Å². The zero-order valence-corrected chi connectivity index (χ0v) is 23.7. The molecule has 40 heavy (non-hydrogen) atoms. The average Bonchev–Trinajstić information content (AvgIpc) is 2.98. The summed E-state index contributed by atoms with van der Waals surface area (Å²) in [5.74, 6) is 1.53. The molecule has 0 saturated carbocycles. The molecule has 2 N–H and O–H groups in total. The molecule has 2 heterocycles. The van der Waals surface area contributed by atoms with Crippen LogP contribution in [0.4, 0.5) is 11.6 Å². The number of fused-ring (bicyclic) bond motifs is 4. The maximum absolute atomic E-state index is 6.36. The molecule has 9 heteroatoms. The van der Waals surface area contributed by atoms with E-state index in [2.05, 4.69) is 91.5 Å². The molecule has 0 aliphatic carbocycles. The van der Waals surface area contributed by atoms with Crippen LogP contribution in [0.5, 0.6) is 0 Å². The highest BCUT2D eigenvalue weighted by Crippen LogP contribution is 2.31. The van der Waals surface area contributed by atoms with Gasteiger partial charge < -0.3 is 15.5 Å². The van der Waals surface area contributed by atoms with Crippen molar-refractivity contribution < 1.29 is 0 Å². The molecule has 2 aromatic heterocycles. The fraction of sp³-hybridized carbons (Fsp3) is 0.226. The van der Waals surface area contributed by atoms with Crippen molar-refractivity contribution in [2.45, 2.75) is 12.8 Å². The topological polar surface area (TPSA) is 78.9 Å². The van der Waals surface area contributed by atoms with Crippen molar-refractivity contribution in [3.05, 3.63) is 83.1 Å². The number of nitrogens with one attached hydrogen (secondary N) is 2. The van der Waals surface area contributed by atoms with Gasteiger partial charge in [-0.15, -0.1) is 20.4 Å². The van der Waals surface area contributed by atoms with Crippen LogP contribution in [0, 0.1) is 0 Å². The minimum absolute atomic E-state index is 0.422. The molecule has 0 spiro atoms. The van der Waals surface area contributed by atoms with E-state index in [1.165, 1.54) is 0 Å². The molecule has 0 fully saturated rings. The number of benzene rings is 4. The molecule has 4 aromatic carbocycles. The fourth-order valence-corrected chi connectivity index (χ4v) is 5.49. The molecule has 6 rings (SSSR count). The van der Waals surface area contributed by atoms with Crippen LogP contribution < -0.4 is 10.6 Å². The van der Waals surface area contributed by atoms with Gasteiger partial charge in [-0.05, 0) is 78.8 Å². The number of anilines is 2. The summed E-state index contributed by atoms with van der Waals surface area (Å²) >= 11 is 12.7. The van der Waals surface area contributed by atoms with E-state index in [0.717, 1.165) is 93.7 Å². The summed E-state index contributed by atoms with van der Waals surface area (Å²) in [7, 11) is 2.15. The first-order chi connectivity index (χ1) is 19.6. The Kier molecular flexibility index (Phi) is 7.77. The summed E-state index contributed by atoms with van der Waals surface area (Å²) in [6, 6.07) is 24.9. The standard InChI is InChI=1S/C31H29Cl2N7/c1-40(14-6-12-34-30-26-18-22-10-4-2-8-20(22)16-24(26)28(32)36-38-30)15-7-13-35-31-27-19-23-11-5-3-9-21(23)17-25(27)29(33)37-39-31/h2-5,8-11,16-19H,6-7,12-15H2,1H3,(H,34,38)(H,35,39). The molecule has 202 valence electrons. The Morgan fingerprint density at radius 2 is 0.950 bits per heavy atom. The monoisotopic (exact) mass is 569 g/mol. The zero-order valence-electron chi connectivity index (χ0n) is 22.2. The van der Waals surface area contributed by atoms with Crippen molar-refractivity contribution in [3.63, 3.8) is 0 Å². The first-order valence-electron chi connectivity index (χ1n) is 13.4. The second-order valence-electron chi connectivity index (χ2n) is 10.0. The first-order valence-corrected chi connectivity index (χ1v) is 14.2. The van der Waals surface area contributed by atoms with Gasteiger partial charge in [0.15, 0.2) is 21.9 Å². The highest BCUT2D eigenvalue weighted by atomic mass is 35.5. The molecule has 0 radical (unpaired) electrons. The number of aromatic nitrogens is 4. The molecule has 0 bridgehead atoms. The molecular formula is C31H29Cl2N7. The van der Waals surface area contributed by atoms with E-state index in [1.807, 2.05) is 24.3 Å². The van der Waals surface area contributed by atoms with Crippen LogP contribution in [0.3, 0.4) is 0 Å². The Bertz CT molecular complexity index is 1690. The van der Waals surface area contributed by atoms with Gasteiger partial charge in [0, 0.05) is 34.6 Å². The van der Waals surface area contributed by atoms with E-state index in [-0.39, 0.29) is 0 Å². The molecule has 0 atom stereocenters. The molecule has 0 unspecified atom stereocenters. The lowest BCUT2D eigenvalue weighted by atomic mass is 10.1. The van der Waals surface area contributed by atoms with Gasteiger partial charge in [0.2, 0.25) is 0 Å². The quantitative estimate of drug-likeness (QED) is 0.131. The smallest absolute Gasteiger partial charge is 0.159 e. The summed E-state index contributed by atoms with van der Waals surface area (Å²) in [4.78, 5) is 2.33. The summed E-state index contributed by atoms with van der Waals surface area (Å²) in [5.41, 5.74) is 0. The van der Waals surface area contributed by atoms with Crippen LogP contribution in [0.15, 0.2) is 72.8 Å². The fourth-order valence-electron chi connectivity index (χ4n) is 5.10. The van der Waals surface area contributed by atoms with Gasteiger partial charge >= 0.3 is 0 Å². The normalized spacial score (nSPS) is 11.7. The van der Waals surface area contributed by atoms with Crippen molar-refractivity contribution in [1.29, 1.82) is 0 Å². The predicted octanol–water partition coefficient (Wildman–Crippen LogP) is 7.42. The van der Waals surface area contributed by atoms with Crippen LogP contribution in [0.2, 0.25) is 10.3 Å². The molecule has 0 amide bonds. The molecule has 0 aliphatic heterocycles. The Morgan fingerprint density at radius 3 is 1.35 bits per heavy atom. The second kappa shape index (κ2) is 11.8. The van der Waals surface area contributed by atoms with Crippen molar-refractivity contribution in [1.82, 2.24) is 25.3 Å². The van der Waals surface area contributed by atoms with Gasteiger partial charge in [-0.3, -0.25) is 0 Å². The summed E-state index contributed by atoms with van der Waals surface area (Å²) in [6.45, 7) is 3.51. The second-order valence-corrected chi connectivity index (χ2v) is 10.7. The van der Waals surface area contributed by atoms with E-state index < -0.39 is 0 Å². The average molecular weight is 571 g/mol. The predicted molar refractivity (Wildman–Crippen MR) is 168 cm³/mol. The SMILES string of the molecule is CN(CCCNc1nnc(Cl)c2cc3ccccc3cc12)CCCNc1nnc(Cl)c2cc3ccccc3cc12. The van der Waals surface area contributed by atoms with E-state index in [1.54, 1.807) is 0 Å². The Labute approximate surface area is 242 Å². The number of hydrogen-bond acceptors (Lipinski definition) is 7. The van der Waals surface area contributed by atoms with Crippen molar-refractivity contribution in [3.8, 4) is 0 Å². The molecule has 7 nitrogen and oxygen atoms in total. The Morgan fingerprint density at radius 1 is 0.575 bits per heavy atom. The lowest BCUT2D eigenvalue weighted by Crippen LogP contribution is -2.24. The third-order valence-electron chi connectivity index (χ3n) is 7.22. The summed E-state index contributed by atoms with van der Waals surface area (Å²) in [5, 5.41) is 33.1. The molecule has 6 aromatic rings. The van der Waals surface area contributed by atoms with Gasteiger partial charge in [-0.1, -0.05) is 71.7 Å². The minimum atomic E-state index is 0.422. The van der Waals surface area contributed by atoms with E-state index >= 15 is 0 Å². The molecule has 0 aliphatic rings. The van der Waals surface area contributed by atoms with Gasteiger partial charge in [-0.2, -0.15) is 0 Å². The lowest BCUT2D eigenvalue weighted by molar-refractivity contribution is 0.331. The Hall–Kier alpha value is -3.78. The first kappa shape index (κ1) is 26.4. The number of hydrogen-bond donors (Lipinski definition) is 2. The largest absolute Gasteiger partial charge is 0.368 e. The van der Waals surface area contributed by atoms with Crippen molar-refractivity contribution in [2.75, 3.05) is 43.9 Å². The van der Waals surface area contributed by atoms with Crippen molar-refractivity contribution in [2.24, 2.45) is 0 Å². The third-order valence-corrected chi connectivity index (χ3v) is 7.78. The van der Waals surface area contributed by atoms with Crippen LogP contribution in [-0.2, 0) is 0 Å². The summed E-state index contributed by atoms with van der Waals surface area (Å²) in [6.07, 6.45) is 1.95. The third kappa shape index (κ3) is 5.59.